The van der Waals surface area contributed by atoms with Gasteiger partial charge in [0.25, 0.3) is 0 Å². The van der Waals surface area contributed by atoms with Crippen LogP contribution >= 0.6 is 11.8 Å². The van der Waals surface area contributed by atoms with Gasteiger partial charge in [0.15, 0.2) is 0 Å². The lowest BCUT2D eigenvalue weighted by Crippen LogP contribution is -2.29. The van der Waals surface area contributed by atoms with Crippen molar-refractivity contribution in [2.75, 3.05) is 6.61 Å². The molecule has 1 amide bonds. The molecule has 1 aliphatic heterocycles. The Kier molecular flexibility index (Phi) is 4.91. The van der Waals surface area contributed by atoms with Crippen molar-refractivity contribution >= 4 is 17.7 Å². The second-order valence-corrected chi connectivity index (χ2v) is 7.01. The molecule has 1 heterocycles. The lowest BCUT2D eigenvalue weighted by atomic mass is 10.1. The van der Waals surface area contributed by atoms with E-state index in [0.29, 0.717) is 13.2 Å². The van der Waals surface area contributed by atoms with Crippen LogP contribution in [0.1, 0.15) is 30.3 Å². The summed E-state index contributed by atoms with van der Waals surface area (Å²) < 4.78 is 5.47. The number of ether oxygens (including phenoxy) is 1. The van der Waals surface area contributed by atoms with Gasteiger partial charge >= 0.3 is 0 Å². The van der Waals surface area contributed by atoms with Crippen LogP contribution in [0.2, 0.25) is 0 Å². The minimum atomic E-state index is 0.00269. The van der Waals surface area contributed by atoms with Crippen LogP contribution in [0.5, 0.6) is 5.75 Å². The third-order valence-electron chi connectivity index (χ3n) is 3.92. The molecule has 3 nitrogen and oxygen atoms in total. The van der Waals surface area contributed by atoms with Gasteiger partial charge in [-0.25, -0.2) is 0 Å². The summed E-state index contributed by atoms with van der Waals surface area (Å²) in [6.07, 6.45) is 0. The Morgan fingerprint density at radius 2 is 1.78 bits per heavy atom. The Hall–Kier alpha value is -1.94. The molecule has 0 aliphatic carbocycles. The molecule has 23 heavy (non-hydrogen) atoms. The van der Waals surface area contributed by atoms with E-state index in [9.17, 15) is 4.79 Å². The van der Waals surface area contributed by atoms with Crippen LogP contribution < -0.4 is 4.74 Å². The maximum atomic E-state index is 12.5. The highest BCUT2D eigenvalue weighted by Crippen LogP contribution is 2.43. The molecule has 0 spiro atoms. The Bertz CT molecular complexity index is 657. The summed E-state index contributed by atoms with van der Waals surface area (Å²) >= 11 is 1.72. The predicted octanol–water partition coefficient (Wildman–Crippen LogP) is 4.25. The van der Waals surface area contributed by atoms with Gasteiger partial charge in [0.05, 0.1) is 11.9 Å². The van der Waals surface area contributed by atoms with Crippen LogP contribution in [0, 0.1) is 0 Å². The van der Waals surface area contributed by atoms with E-state index in [-0.39, 0.29) is 16.5 Å². The summed E-state index contributed by atoms with van der Waals surface area (Å²) in [6.45, 7) is 5.25. The van der Waals surface area contributed by atoms with Crippen LogP contribution in [-0.2, 0) is 11.3 Å². The van der Waals surface area contributed by atoms with Gasteiger partial charge in [-0.3, -0.25) is 4.79 Å². The number of thioether (sulfide) groups is 1. The van der Waals surface area contributed by atoms with Crippen LogP contribution in [0.4, 0.5) is 0 Å². The third kappa shape index (κ3) is 3.53. The summed E-state index contributed by atoms with van der Waals surface area (Å²) in [5, 5.41) is 0.0909. The Morgan fingerprint density at radius 1 is 1.09 bits per heavy atom. The minimum absolute atomic E-state index is 0.00269. The molecule has 0 bridgehead atoms. The van der Waals surface area contributed by atoms with E-state index in [2.05, 4.69) is 12.1 Å². The SMILES string of the molecule is CCOc1ccc(CN2C(=O)[C@H](C)S[C@H]2c2ccccc2)cc1. The van der Waals surface area contributed by atoms with Crippen LogP contribution in [0.3, 0.4) is 0 Å². The number of hydrogen-bond acceptors (Lipinski definition) is 3. The summed E-state index contributed by atoms with van der Waals surface area (Å²) in [6, 6.07) is 18.2. The number of hydrogen-bond donors (Lipinski definition) is 0. The van der Waals surface area contributed by atoms with Crippen LogP contribution in [0.15, 0.2) is 54.6 Å². The second-order valence-electron chi connectivity index (χ2n) is 5.58. The monoisotopic (exact) mass is 327 g/mol. The Balaban J connectivity index is 1.79. The van der Waals surface area contributed by atoms with Gasteiger partial charge < -0.3 is 9.64 Å². The molecule has 2 aromatic carbocycles. The van der Waals surface area contributed by atoms with Crippen molar-refractivity contribution in [1.29, 1.82) is 0 Å². The minimum Gasteiger partial charge on any atom is -0.494 e. The van der Waals surface area contributed by atoms with Gasteiger partial charge in [-0.05, 0) is 37.1 Å². The molecular weight excluding hydrogens is 306 g/mol. The predicted molar refractivity (Wildman–Crippen MR) is 94.4 cm³/mol. The third-order valence-corrected chi connectivity index (χ3v) is 5.31. The molecule has 3 rings (SSSR count). The fraction of sp³-hybridized carbons (Fsp3) is 0.316. The average Bonchev–Trinajstić information content (AvgIpc) is 2.86. The van der Waals surface area contributed by atoms with Crippen LogP contribution in [0.25, 0.3) is 0 Å². The second kappa shape index (κ2) is 7.09. The molecule has 0 radical (unpaired) electrons. The van der Waals surface area contributed by atoms with Crippen LogP contribution in [-0.4, -0.2) is 22.7 Å². The first-order valence-corrected chi connectivity index (χ1v) is 8.86. The first-order valence-electron chi connectivity index (χ1n) is 7.91. The van der Waals surface area contributed by atoms with E-state index >= 15 is 0 Å². The maximum Gasteiger partial charge on any atom is 0.236 e. The zero-order chi connectivity index (χ0) is 16.2. The molecule has 0 aromatic heterocycles. The van der Waals surface area contributed by atoms with E-state index in [1.165, 1.54) is 5.56 Å². The van der Waals surface area contributed by atoms with Crippen molar-refractivity contribution < 1.29 is 9.53 Å². The lowest BCUT2D eigenvalue weighted by molar-refractivity contribution is -0.130. The lowest BCUT2D eigenvalue weighted by Gasteiger charge is -2.24. The van der Waals surface area contributed by atoms with E-state index in [1.807, 2.05) is 61.2 Å². The molecule has 1 aliphatic rings. The van der Waals surface area contributed by atoms with Gasteiger partial charge in [0, 0.05) is 6.54 Å². The summed E-state index contributed by atoms with van der Waals surface area (Å²) in [4.78, 5) is 14.5. The van der Waals surface area contributed by atoms with Crippen molar-refractivity contribution in [1.82, 2.24) is 4.90 Å². The van der Waals surface area contributed by atoms with Gasteiger partial charge in [0.1, 0.15) is 11.1 Å². The summed E-state index contributed by atoms with van der Waals surface area (Å²) in [5.74, 6) is 1.07. The van der Waals surface area contributed by atoms with Crippen molar-refractivity contribution in [3.05, 3.63) is 65.7 Å². The van der Waals surface area contributed by atoms with E-state index in [1.54, 1.807) is 11.8 Å². The van der Waals surface area contributed by atoms with Crippen molar-refractivity contribution in [3.63, 3.8) is 0 Å². The number of rotatable bonds is 5. The standard InChI is InChI=1S/C19H21NO2S/c1-3-22-17-11-9-15(10-12-17)13-20-18(21)14(2)23-19(20)16-7-5-4-6-8-16/h4-12,14,19H,3,13H2,1-2H3/t14-,19-/m0/s1. The Labute approximate surface area is 141 Å². The number of amides is 1. The highest BCUT2D eigenvalue weighted by atomic mass is 32.2. The van der Waals surface area contributed by atoms with Crippen molar-refractivity contribution in [2.24, 2.45) is 0 Å². The first kappa shape index (κ1) is 15.9. The first-order chi connectivity index (χ1) is 11.2. The van der Waals surface area contributed by atoms with Gasteiger partial charge in [-0.15, -0.1) is 11.8 Å². The number of nitrogens with zero attached hydrogens (tertiary/aromatic N) is 1. The zero-order valence-corrected chi connectivity index (χ0v) is 14.3. The van der Waals surface area contributed by atoms with Crippen molar-refractivity contribution in [3.8, 4) is 5.75 Å². The van der Waals surface area contributed by atoms with Gasteiger partial charge in [-0.1, -0.05) is 42.5 Å². The van der Waals surface area contributed by atoms with E-state index < -0.39 is 0 Å². The summed E-state index contributed by atoms with van der Waals surface area (Å²) in [7, 11) is 0. The van der Waals surface area contributed by atoms with Gasteiger partial charge in [-0.2, -0.15) is 0 Å². The molecule has 0 N–H and O–H groups in total. The quantitative estimate of drug-likeness (QED) is 0.822. The Morgan fingerprint density at radius 3 is 2.43 bits per heavy atom. The molecular formula is C19H21NO2S. The molecule has 1 saturated heterocycles. The van der Waals surface area contributed by atoms with Gasteiger partial charge in [0.2, 0.25) is 5.91 Å². The molecule has 0 saturated carbocycles. The smallest absolute Gasteiger partial charge is 0.236 e. The molecule has 1 fully saturated rings. The molecule has 2 aromatic rings. The number of carbonyl (C=O) groups is 1. The molecule has 0 unspecified atom stereocenters. The topological polar surface area (TPSA) is 29.5 Å². The molecule has 4 heteroatoms. The number of carbonyl (C=O) groups excluding carboxylic acids is 1. The zero-order valence-electron chi connectivity index (χ0n) is 13.4. The average molecular weight is 327 g/mol. The largest absolute Gasteiger partial charge is 0.494 e. The number of benzene rings is 2. The highest BCUT2D eigenvalue weighted by Gasteiger charge is 2.38. The summed E-state index contributed by atoms with van der Waals surface area (Å²) in [5.41, 5.74) is 2.30. The fourth-order valence-electron chi connectivity index (χ4n) is 2.77. The van der Waals surface area contributed by atoms with E-state index in [0.717, 1.165) is 11.3 Å². The van der Waals surface area contributed by atoms with Crippen molar-refractivity contribution in [2.45, 2.75) is 31.0 Å². The highest BCUT2D eigenvalue weighted by molar-refractivity contribution is 8.01. The molecule has 120 valence electrons. The fourth-order valence-corrected chi connectivity index (χ4v) is 4.04. The normalized spacial score (nSPS) is 20.8. The molecule has 2 atom stereocenters. The maximum absolute atomic E-state index is 12.5. The van der Waals surface area contributed by atoms with E-state index in [4.69, 9.17) is 4.74 Å².